The van der Waals surface area contributed by atoms with E-state index in [-0.39, 0.29) is 6.04 Å². The van der Waals surface area contributed by atoms with Gasteiger partial charge in [0.15, 0.2) is 0 Å². The van der Waals surface area contributed by atoms with Crippen molar-refractivity contribution >= 4 is 0 Å². The molecule has 0 fully saturated rings. The molecule has 2 rings (SSSR count). The highest BCUT2D eigenvalue weighted by Gasteiger charge is 2.04. The van der Waals surface area contributed by atoms with E-state index in [0.717, 1.165) is 29.2 Å². The summed E-state index contributed by atoms with van der Waals surface area (Å²) >= 11 is 0. The van der Waals surface area contributed by atoms with Crippen LogP contribution in [0.2, 0.25) is 0 Å². The fourth-order valence-electron chi connectivity index (χ4n) is 1.82. The van der Waals surface area contributed by atoms with E-state index in [4.69, 9.17) is 15.2 Å². The molecular formula is C16H19NO2. The first-order valence-electron chi connectivity index (χ1n) is 6.40. The summed E-state index contributed by atoms with van der Waals surface area (Å²) in [5.41, 5.74) is 7.10. The van der Waals surface area contributed by atoms with E-state index in [1.807, 2.05) is 48.5 Å². The molecule has 1 atom stereocenters. The number of hydrogen-bond donors (Lipinski definition) is 1. The van der Waals surface area contributed by atoms with E-state index < -0.39 is 0 Å². The number of rotatable bonds is 5. The monoisotopic (exact) mass is 257 g/mol. The molecule has 0 unspecified atom stereocenters. The molecule has 2 aromatic rings. The molecule has 0 aliphatic carbocycles. The van der Waals surface area contributed by atoms with Gasteiger partial charge in [-0.3, -0.25) is 0 Å². The molecule has 3 heteroatoms. The van der Waals surface area contributed by atoms with E-state index >= 15 is 0 Å². The second-order valence-corrected chi connectivity index (χ2v) is 4.36. The van der Waals surface area contributed by atoms with E-state index in [0.29, 0.717) is 0 Å². The van der Waals surface area contributed by atoms with Gasteiger partial charge in [-0.25, -0.2) is 0 Å². The molecule has 0 amide bonds. The predicted molar refractivity (Wildman–Crippen MR) is 76.7 cm³/mol. The van der Waals surface area contributed by atoms with Crippen molar-refractivity contribution in [2.45, 2.75) is 19.4 Å². The van der Waals surface area contributed by atoms with Crippen LogP contribution in [-0.2, 0) is 0 Å². The van der Waals surface area contributed by atoms with E-state index in [1.54, 1.807) is 7.11 Å². The van der Waals surface area contributed by atoms with Crippen LogP contribution < -0.4 is 15.2 Å². The van der Waals surface area contributed by atoms with Crippen molar-refractivity contribution in [3.63, 3.8) is 0 Å². The Bertz CT molecular complexity index is 523. The molecule has 100 valence electrons. The van der Waals surface area contributed by atoms with Crippen molar-refractivity contribution in [3.05, 3.63) is 54.1 Å². The summed E-state index contributed by atoms with van der Waals surface area (Å²) in [7, 11) is 1.64. The Kier molecular flexibility index (Phi) is 4.42. The SMILES string of the molecule is CC[C@@H](N)c1ccc(Oc2cccc(OC)c2)cc1. The quantitative estimate of drug-likeness (QED) is 0.883. The lowest BCUT2D eigenvalue weighted by atomic mass is 10.1. The lowest BCUT2D eigenvalue weighted by molar-refractivity contribution is 0.409. The highest BCUT2D eigenvalue weighted by Crippen LogP contribution is 2.26. The molecule has 0 aliphatic heterocycles. The van der Waals surface area contributed by atoms with Gasteiger partial charge in [-0.1, -0.05) is 25.1 Å². The summed E-state index contributed by atoms with van der Waals surface area (Å²) < 4.78 is 10.9. The Morgan fingerprint density at radius 2 is 1.68 bits per heavy atom. The molecule has 0 aliphatic rings. The van der Waals surface area contributed by atoms with Crippen molar-refractivity contribution in [2.75, 3.05) is 7.11 Å². The van der Waals surface area contributed by atoms with Crippen LogP contribution in [0.3, 0.4) is 0 Å². The summed E-state index contributed by atoms with van der Waals surface area (Å²) in [4.78, 5) is 0. The number of benzene rings is 2. The minimum atomic E-state index is 0.0888. The molecule has 2 aromatic carbocycles. The minimum Gasteiger partial charge on any atom is -0.497 e. The second kappa shape index (κ2) is 6.25. The van der Waals surface area contributed by atoms with E-state index in [2.05, 4.69) is 6.92 Å². The third-order valence-electron chi connectivity index (χ3n) is 3.02. The summed E-state index contributed by atoms with van der Waals surface area (Å²) in [6.45, 7) is 2.07. The first-order chi connectivity index (χ1) is 9.22. The molecule has 0 radical (unpaired) electrons. The summed E-state index contributed by atoms with van der Waals surface area (Å²) in [5, 5.41) is 0. The Hall–Kier alpha value is -2.00. The summed E-state index contributed by atoms with van der Waals surface area (Å²) in [5.74, 6) is 2.33. The van der Waals surface area contributed by atoms with Crippen molar-refractivity contribution in [1.82, 2.24) is 0 Å². The van der Waals surface area contributed by atoms with Gasteiger partial charge in [0.1, 0.15) is 17.2 Å². The molecular weight excluding hydrogens is 238 g/mol. The molecule has 0 heterocycles. The molecule has 0 spiro atoms. The maximum Gasteiger partial charge on any atom is 0.131 e. The van der Waals surface area contributed by atoms with Gasteiger partial charge in [-0.2, -0.15) is 0 Å². The van der Waals surface area contributed by atoms with Crippen LogP contribution >= 0.6 is 0 Å². The Morgan fingerprint density at radius 3 is 2.32 bits per heavy atom. The van der Waals surface area contributed by atoms with Gasteiger partial charge < -0.3 is 15.2 Å². The zero-order valence-corrected chi connectivity index (χ0v) is 11.3. The molecule has 2 N–H and O–H groups in total. The standard InChI is InChI=1S/C16H19NO2/c1-3-16(17)12-7-9-13(10-8-12)19-15-6-4-5-14(11-15)18-2/h4-11,16H,3,17H2,1-2H3/t16-/m1/s1. The fourth-order valence-corrected chi connectivity index (χ4v) is 1.82. The maximum absolute atomic E-state index is 5.98. The number of ether oxygens (including phenoxy) is 2. The number of methoxy groups -OCH3 is 1. The summed E-state index contributed by atoms with van der Waals surface area (Å²) in [6, 6.07) is 15.5. The molecule has 0 saturated heterocycles. The van der Waals surface area contributed by atoms with Crippen LogP contribution in [0.25, 0.3) is 0 Å². The van der Waals surface area contributed by atoms with Gasteiger partial charge >= 0.3 is 0 Å². The number of nitrogens with two attached hydrogens (primary N) is 1. The van der Waals surface area contributed by atoms with Gasteiger partial charge in [-0.15, -0.1) is 0 Å². The van der Waals surface area contributed by atoms with Crippen molar-refractivity contribution in [3.8, 4) is 17.2 Å². The molecule has 0 aromatic heterocycles. The first kappa shape index (κ1) is 13.4. The zero-order valence-electron chi connectivity index (χ0n) is 11.3. The zero-order chi connectivity index (χ0) is 13.7. The fraction of sp³-hybridized carbons (Fsp3) is 0.250. The van der Waals surface area contributed by atoms with Gasteiger partial charge in [-0.05, 0) is 36.2 Å². The Morgan fingerprint density at radius 1 is 1.00 bits per heavy atom. The van der Waals surface area contributed by atoms with Crippen molar-refractivity contribution in [2.24, 2.45) is 5.73 Å². The third-order valence-corrected chi connectivity index (χ3v) is 3.02. The van der Waals surface area contributed by atoms with Gasteiger partial charge in [0, 0.05) is 12.1 Å². The highest BCUT2D eigenvalue weighted by atomic mass is 16.5. The molecule has 3 nitrogen and oxygen atoms in total. The van der Waals surface area contributed by atoms with Gasteiger partial charge in [0.25, 0.3) is 0 Å². The minimum absolute atomic E-state index is 0.0888. The summed E-state index contributed by atoms with van der Waals surface area (Å²) in [6.07, 6.45) is 0.927. The van der Waals surface area contributed by atoms with E-state index in [9.17, 15) is 0 Å². The van der Waals surface area contributed by atoms with Crippen LogP contribution in [0, 0.1) is 0 Å². The average molecular weight is 257 g/mol. The van der Waals surface area contributed by atoms with Gasteiger partial charge in [0.05, 0.1) is 7.11 Å². The first-order valence-corrected chi connectivity index (χ1v) is 6.40. The van der Waals surface area contributed by atoms with Crippen LogP contribution in [0.1, 0.15) is 24.9 Å². The molecule has 0 saturated carbocycles. The van der Waals surface area contributed by atoms with Crippen molar-refractivity contribution < 1.29 is 9.47 Å². The van der Waals surface area contributed by atoms with Crippen LogP contribution in [0.15, 0.2) is 48.5 Å². The normalized spacial score (nSPS) is 11.9. The molecule has 0 bridgehead atoms. The highest BCUT2D eigenvalue weighted by molar-refractivity contribution is 5.37. The van der Waals surface area contributed by atoms with Crippen LogP contribution in [0.5, 0.6) is 17.2 Å². The largest absolute Gasteiger partial charge is 0.497 e. The second-order valence-electron chi connectivity index (χ2n) is 4.36. The van der Waals surface area contributed by atoms with Crippen LogP contribution in [-0.4, -0.2) is 7.11 Å². The van der Waals surface area contributed by atoms with E-state index in [1.165, 1.54) is 0 Å². The third kappa shape index (κ3) is 3.48. The Balaban J connectivity index is 2.10. The number of hydrogen-bond acceptors (Lipinski definition) is 3. The Labute approximate surface area is 114 Å². The average Bonchev–Trinajstić information content (AvgIpc) is 2.47. The van der Waals surface area contributed by atoms with Crippen molar-refractivity contribution in [1.29, 1.82) is 0 Å². The lowest BCUT2D eigenvalue weighted by Gasteiger charge is -2.11. The smallest absolute Gasteiger partial charge is 0.131 e. The molecule has 19 heavy (non-hydrogen) atoms. The topological polar surface area (TPSA) is 44.5 Å². The van der Waals surface area contributed by atoms with Crippen LogP contribution in [0.4, 0.5) is 0 Å². The predicted octanol–water partition coefficient (Wildman–Crippen LogP) is 3.90. The maximum atomic E-state index is 5.98. The van der Waals surface area contributed by atoms with Gasteiger partial charge in [0.2, 0.25) is 0 Å². The lowest BCUT2D eigenvalue weighted by Crippen LogP contribution is -2.07.